The van der Waals surface area contributed by atoms with Crippen molar-refractivity contribution in [2.45, 2.75) is 18.9 Å². The van der Waals surface area contributed by atoms with Crippen LogP contribution in [-0.4, -0.2) is 103 Å². The monoisotopic (exact) mass is 678 g/mol. The van der Waals surface area contributed by atoms with Gasteiger partial charge in [-0.25, -0.2) is 4.98 Å². The van der Waals surface area contributed by atoms with Crippen LogP contribution in [0.15, 0.2) is 53.4 Å². The van der Waals surface area contributed by atoms with Crippen LogP contribution in [0.25, 0.3) is 11.0 Å². The number of hydrogen-bond acceptors (Lipinski definition) is 12. The normalized spacial score (nSPS) is 16.7. The van der Waals surface area contributed by atoms with Gasteiger partial charge >= 0.3 is 0 Å². The molecule has 6 rings (SSSR count). The molecule has 11 nitrogen and oxygen atoms in total. The maximum absolute atomic E-state index is 5.72. The smallest absolute Gasteiger partial charge is 0.229 e. The van der Waals surface area contributed by atoms with Crippen molar-refractivity contribution >= 4 is 73.4 Å². The lowest BCUT2D eigenvalue weighted by Crippen LogP contribution is -2.52. The van der Waals surface area contributed by atoms with E-state index in [1.165, 1.54) is 31.6 Å². The number of fused-ring (bicyclic) bond motifs is 1. The van der Waals surface area contributed by atoms with Crippen LogP contribution in [0.2, 0.25) is 0 Å². The van der Waals surface area contributed by atoms with Gasteiger partial charge in [-0.15, -0.1) is 0 Å². The molecule has 2 saturated heterocycles. The van der Waals surface area contributed by atoms with Gasteiger partial charge in [-0.3, -0.25) is 14.9 Å². The molecule has 2 aliphatic heterocycles. The average molecular weight is 680 g/mol. The van der Waals surface area contributed by atoms with Crippen molar-refractivity contribution in [3.8, 4) is 5.75 Å². The predicted octanol–water partition coefficient (Wildman–Crippen LogP) is 5.61. The quantitative estimate of drug-likeness (QED) is 0.215. The lowest BCUT2D eigenvalue weighted by atomic mass is 10.0. The summed E-state index contributed by atoms with van der Waals surface area (Å²) in [5, 5.41) is 6.91. The van der Waals surface area contributed by atoms with Crippen molar-refractivity contribution in [2.75, 3.05) is 86.6 Å². The van der Waals surface area contributed by atoms with Crippen LogP contribution in [0, 0.1) is 0 Å². The summed E-state index contributed by atoms with van der Waals surface area (Å²) in [5.41, 5.74) is 5.42. The zero-order valence-electron chi connectivity index (χ0n) is 25.6. The lowest BCUT2D eigenvalue weighted by molar-refractivity contribution is 0.0982. The summed E-state index contributed by atoms with van der Waals surface area (Å²) in [4.78, 5) is 26.1. The Morgan fingerprint density at radius 2 is 1.73 bits per heavy atom. The highest BCUT2D eigenvalue weighted by atomic mass is 79.9. The van der Waals surface area contributed by atoms with Gasteiger partial charge < -0.3 is 29.5 Å². The van der Waals surface area contributed by atoms with Crippen LogP contribution < -0.4 is 24.6 Å². The van der Waals surface area contributed by atoms with E-state index in [9.17, 15) is 0 Å². The standard InChI is InChI=1S/C31H39BrN10OS/c1-39-15-17-42(18-16-39)21-9-13-41(14-10-21)22-5-8-27(43-3)26(19-22)37-31-35-20-23(32)30(38-31)36-25-7-6-24-28(34-12-11-33-24)29(25)40(2)44-4/h5-8,11-12,19-21H,9-10,13-18H2,1-4H3,(H2,35,36,37,38). The number of anilines is 6. The molecule has 0 saturated carbocycles. The molecule has 13 heteroatoms. The molecule has 0 atom stereocenters. The van der Waals surface area contributed by atoms with Crippen LogP contribution in [-0.2, 0) is 0 Å². The molecule has 0 spiro atoms. The van der Waals surface area contributed by atoms with E-state index >= 15 is 0 Å². The summed E-state index contributed by atoms with van der Waals surface area (Å²) in [5.74, 6) is 1.82. The number of nitrogens with zero attached hydrogens (tertiary/aromatic N) is 8. The highest BCUT2D eigenvalue weighted by Crippen LogP contribution is 2.38. The second-order valence-corrected chi connectivity index (χ2v) is 12.9. The van der Waals surface area contributed by atoms with Gasteiger partial charge in [0.25, 0.3) is 0 Å². The van der Waals surface area contributed by atoms with E-state index in [1.54, 1.807) is 37.6 Å². The SMILES string of the molecule is COc1ccc(N2CCC(N3CCN(C)CC3)CC2)cc1Nc1ncc(Br)c(Nc2ccc3nccnc3c2N(C)SC)n1. The van der Waals surface area contributed by atoms with E-state index in [2.05, 4.69) is 79.7 Å². The first-order valence-electron chi connectivity index (χ1n) is 14.9. The third-order valence-electron chi connectivity index (χ3n) is 8.51. The van der Waals surface area contributed by atoms with Gasteiger partial charge in [0.2, 0.25) is 5.95 Å². The largest absolute Gasteiger partial charge is 0.495 e. The van der Waals surface area contributed by atoms with Crippen molar-refractivity contribution in [1.29, 1.82) is 0 Å². The van der Waals surface area contributed by atoms with Crippen LogP contribution in [0.3, 0.4) is 0 Å². The predicted molar refractivity (Wildman–Crippen MR) is 185 cm³/mol. The van der Waals surface area contributed by atoms with Crippen LogP contribution in [0.4, 0.5) is 34.5 Å². The van der Waals surface area contributed by atoms with E-state index in [4.69, 9.17) is 9.72 Å². The molecule has 2 aliphatic rings. The summed E-state index contributed by atoms with van der Waals surface area (Å²) in [6.45, 7) is 6.74. The maximum atomic E-state index is 5.72. The molecular weight excluding hydrogens is 640 g/mol. The number of ether oxygens (including phenoxy) is 1. The van der Waals surface area contributed by atoms with Crippen molar-refractivity contribution in [2.24, 2.45) is 0 Å². The fraction of sp³-hybridized carbons (Fsp3) is 0.419. The number of methoxy groups -OCH3 is 1. The van der Waals surface area contributed by atoms with E-state index in [1.807, 2.05) is 31.5 Å². The van der Waals surface area contributed by atoms with Gasteiger partial charge in [-0.1, -0.05) is 11.9 Å². The Hall–Kier alpha value is -3.39. The molecule has 2 aromatic carbocycles. The number of aromatic nitrogens is 4. The third kappa shape index (κ3) is 6.65. The van der Waals surface area contributed by atoms with Gasteiger partial charge in [-0.2, -0.15) is 4.98 Å². The Morgan fingerprint density at radius 3 is 2.48 bits per heavy atom. The van der Waals surface area contributed by atoms with Crippen molar-refractivity contribution < 1.29 is 4.74 Å². The summed E-state index contributed by atoms with van der Waals surface area (Å²) in [7, 11) is 5.91. The van der Waals surface area contributed by atoms with Gasteiger partial charge in [-0.05, 0) is 66.2 Å². The summed E-state index contributed by atoms with van der Waals surface area (Å²) in [6, 6.07) is 10.9. The Morgan fingerprint density at radius 1 is 0.955 bits per heavy atom. The summed E-state index contributed by atoms with van der Waals surface area (Å²) >= 11 is 5.23. The molecule has 4 heterocycles. The molecule has 0 amide bonds. The molecule has 2 fully saturated rings. The molecule has 0 unspecified atom stereocenters. The van der Waals surface area contributed by atoms with Crippen LogP contribution in [0.1, 0.15) is 12.8 Å². The Labute approximate surface area is 271 Å². The number of rotatable bonds is 9. The molecule has 0 radical (unpaired) electrons. The van der Waals surface area contributed by atoms with Gasteiger partial charge in [0, 0.05) is 82.9 Å². The highest BCUT2D eigenvalue weighted by Gasteiger charge is 2.27. The van der Waals surface area contributed by atoms with Crippen LogP contribution >= 0.6 is 27.9 Å². The summed E-state index contributed by atoms with van der Waals surface area (Å²) in [6.07, 6.45) is 9.55. The molecule has 4 aromatic rings. The van der Waals surface area contributed by atoms with E-state index in [0.717, 1.165) is 64.5 Å². The minimum Gasteiger partial charge on any atom is -0.495 e. The average Bonchev–Trinajstić information content (AvgIpc) is 3.06. The topological polar surface area (TPSA) is 97.8 Å². The Bertz CT molecular complexity index is 1590. The second-order valence-electron chi connectivity index (χ2n) is 11.1. The highest BCUT2D eigenvalue weighted by molar-refractivity contribution is 9.10. The lowest BCUT2D eigenvalue weighted by Gasteiger charge is -2.42. The second kappa shape index (κ2) is 13.7. The molecule has 2 N–H and O–H groups in total. The fourth-order valence-corrected chi connectivity index (χ4v) is 6.62. The van der Waals surface area contributed by atoms with Crippen molar-refractivity contribution in [3.05, 3.63) is 53.4 Å². The minimum atomic E-state index is 0.459. The van der Waals surface area contributed by atoms with Gasteiger partial charge in [0.05, 0.1) is 34.2 Å². The first-order valence-corrected chi connectivity index (χ1v) is 16.8. The summed E-state index contributed by atoms with van der Waals surface area (Å²) < 4.78 is 8.52. The number of halogens is 1. The van der Waals surface area contributed by atoms with Crippen LogP contribution in [0.5, 0.6) is 5.75 Å². The van der Waals surface area contributed by atoms with E-state index in [-0.39, 0.29) is 0 Å². The first kappa shape index (κ1) is 30.6. The Kier molecular flexibility index (Phi) is 9.55. The first-order chi connectivity index (χ1) is 21.4. The zero-order chi connectivity index (χ0) is 30.6. The molecule has 0 bridgehead atoms. The number of hydrogen-bond donors (Lipinski definition) is 2. The molecule has 0 aliphatic carbocycles. The van der Waals surface area contributed by atoms with Gasteiger partial charge in [0.1, 0.15) is 17.1 Å². The fourth-order valence-electron chi connectivity index (χ4n) is 5.96. The number of benzene rings is 2. The van der Waals surface area contributed by atoms with E-state index < -0.39 is 0 Å². The Balaban J connectivity index is 1.20. The molecular formula is C31H39BrN10OS. The number of likely N-dealkylation sites (N-methyl/N-ethyl adjacent to an activating group) is 1. The van der Waals surface area contributed by atoms with Gasteiger partial charge in [0.15, 0.2) is 0 Å². The number of piperazine rings is 1. The maximum Gasteiger partial charge on any atom is 0.229 e. The molecule has 232 valence electrons. The molecule has 2 aromatic heterocycles. The number of nitrogens with one attached hydrogen (secondary N) is 2. The van der Waals surface area contributed by atoms with Crippen molar-refractivity contribution in [3.63, 3.8) is 0 Å². The number of piperidine rings is 1. The van der Waals surface area contributed by atoms with Crippen molar-refractivity contribution in [1.82, 2.24) is 29.7 Å². The minimum absolute atomic E-state index is 0.459. The zero-order valence-corrected chi connectivity index (χ0v) is 28.0. The van der Waals surface area contributed by atoms with E-state index in [0.29, 0.717) is 17.8 Å². The molecule has 44 heavy (non-hydrogen) atoms. The third-order valence-corrected chi connectivity index (χ3v) is 9.82.